The smallest absolute Gasteiger partial charge is 0.326 e. The first-order chi connectivity index (χ1) is 15.7. The quantitative estimate of drug-likeness (QED) is 0.0574. The molecule has 0 radical (unpaired) electrons. The van der Waals surface area contributed by atoms with Gasteiger partial charge in [-0.2, -0.15) is 0 Å². The third-order valence-electron chi connectivity index (χ3n) is 4.33. The minimum absolute atomic E-state index is 0.126. The van der Waals surface area contributed by atoms with E-state index in [9.17, 15) is 28.8 Å². The van der Waals surface area contributed by atoms with Crippen molar-refractivity contribution in [3.05, 3.63) is 0 Å². The van der Waals surface area contributed by atoms with Crippen LogP contribution in [0.1, 0.15) is 39.0 Å². The van der Waals surface area contributed by atoms with Crippen molar-refractivity contribution in [2.75, 3.05) is 6.54 Å². The molecule has 192 valence electrons. The van der Waals surface area contributed by atoms with Crippen molar-refractivity contribution in [1.82, 2.24) is 16.0 Å². The van der Waals surface area contributed by atoms with Crippen LogP contribution in [0.5, 0.6) is 0 Å². The van der Waals surface area contributed by atoms with Crippen molar-refractivity contribution in [1.29, 1.82) is 0 Å². The number of carbonyl (C=O) groups is 6. The fourth-order valence-electron chi connectivity index (χ4n) is 2.52. The minimum atomic E-state index is -1.73. The standard InChI is InChI=1S/C18H31N7O9/c1-8(14(30)25-11(17(33)34)7-13(28)29)23-16(32)10(4-5-12(26)27)24-15(31)9(19)3-2-6-22-18(20)21/h8-11H,2-7,19H2,1H3,(H,23,32)(H,24,31)(H,25,30)(H,26,27)(H,28,29)(H,33,34)(H4,20,21,22). The Bertz CT molecular complexity index is 799. The summed E-state index contributed by atoms with van der Waals surface area (Å²) in [5.74, 6) is -7.08. The van der Waals surface area contributed by atoms with Gasteiger partial charge in [-0.1, -0.05) is 0 Å². The van der Waals surface area contributed by atoms with Crippen molar-refractivity contribution in [3.63, 3.8) is 0 Å². The maximum absolute atomic E-state index is 12.6. The summed E-state index contributed by atoms with van der Waals surface area (Å²) < 4.78 is 0. The van der Waals surface area contributed by atoms with Crippen molar-refractivity contribution >= 4 is 41.6 Å². The Kier molecular flexibility index (Phi) is 13.2. The van der Waals surface area contributed by atoms with Crippen LogP contribution in [0.3, 0.4) is 0 Å². The molecule has 0 aliphatic rings. The second-order valence-corrected chi connectivity index (χ2v) is 7.28. The Balaban J connectivity index is 5.10. The number of nitrogens with zero attached hydrogens (tertiary/aromatic N) is 1. The molecule has 0 aromatic rings. The first-order valence-electron chi connectivity index (χ1n) is 10.1. The fourth-order valence-corrected chi connectivity index (χ4v) is 2.52. The van der Waals surface area contributed by atoms with Crippen LogP contribution < -0.4 is 33.2 Å². The summed E-state index contributed by atoms with van der Waals surface area (Å²) in [6, 6.07) is -5.48. The molecule has 0 saturated carbocycles. The molecule has 3 amide bonds. The van der Waals surface area contributed by atoms with Crippen molar-refractivity contribution in [2.24, 2.45) is 22.2 Å². The highest BCUT2D eigenvalue weighted by Crippen LogP contribution is 2.03. The molecule has 0 fully saturated rings. The van der Waals surface area contributed by atoms with Crippen LogP contribution in [-0.4, -0.2) is 87.6 Å². The van der Waals surface area contributed by atoms with Gasteiger partial charge in [-0.25, -0.2) is 4.79 Å². The summed E-state index contributed by atoms with van der Waals surface area (Å²) in [7, 11) is 0. The second-order valence-electron chi connectivity index (χ2n) is 7.28. The molecule has 0 aliphatic heterocycles. The Hall–Kier alpha value is -3.95. The molecule has 34 heavy (non-hydrogen) atoms. The SMILES string of the molecule is CC(NC(=O)C(CCC(=O)O)NC(=O)C(N)CCCN=C(N)N)C(=O)NC(CC(=O)O)C(=O)O. The number of aliphatic carboxylic acids is 3. The Morgan fingerprint density at radius 2 is 1.41 bits per heavy atom. The Morgan fingerprint density at radius 3 is 1.91 bits per heavy atom. The van der Waals surface area contributed by atoms with Crippen molar-refractivity contribution in [2.45, 2.75) is 63.2 Å². The molecule has 0 aromatic carbocycles. The molecular weight excluding hydrogens is 458 g/mol. The van der Waals surface area contributed by atoms with Crippen LogP contribution in [0, 0.1) is 0 Å². The van der Waals surface area contributed by atoms with Crippen molar-refractivity contribution < 1.29 is 44.1 Å². The van der Waals surface area contributed by atoms with Crippen LogP contribution in [0.4, 0.5) is 0 Å². The van der Waals surface area contributed by atoms with Crippen LogP contribution in [0.2, 0.25) is 0 Å². The highest BCUT2D eigenvalue weighted by molar-refractivity contribution is 5.94. The molecule has 0 rings (SSSR count). The zero-order valence-corrected chi connectivity index (χ0v) is 18.5. The molecule has 0 spiro atoms. The molecule has 4 atom stereocenters. The number of hydrogen-bond donors (Lipinski definition) is 9. The molecule has 0 saturated heterocycles. The van der Waals surface area contributed by atoms with E-state index in [1.807, 2.05) is 5.32 Å². The van der Waals surface area contributed by atoms with Gasteiger partial charge in [0.25, 0.3) is 0 Å². The number of carbonyl (C=O) groups excluding carboxylic acids is 3. The number of nitrogens with two attached hydrogens (primary N) is 3. The van der Waals surface area contributed by atoms with Gasteiger partial charge in [-0.05, 0) is 26.2 Å². The number of carboxylic acids is 3. The first kappa shape index (κ1) is 30.1. The van der Waals surface area contributed by atoms with E-state index in [0.717, 1.165) is 0 Å². The van der Waals surface area contributed by atoms with Crippen LogP contribution in [0.15, 0.2) is 4.99 Å². The van der Waals surface area contributed by atoms with E-state index < -0.39 is 72.6 Å². The lowest BCUT2D eigenvalue weighted by Crippen LogP contribution is -2.56. The van der Waals surface area contributed by atoms with Gasteiger partial charge in [0.05, 0.1) is 12.5 Å². The van der Waals surface area contributed by atoms with Gasteiger partial charge in [0.2, 0.25) is 17.7 Å². The van der Waals surface area contributed by atoms with Crippen LogP contribution in [-0.2, 0) is 28.8 Å². The van der Waals surface area contributed by atoms with Gasteiger partial charge >= 0.3 is 17.9 Å². The highest BCUT2D eigenvalue weighted by atomic mass is 16.4. The average molecular weight is 489 g/mol. The van der Waals surface area contributed by atoms with Gasteiger partial charge in [-0.3, -0.25) is 29.0 Å². The third-order valence-corrected chi connectivity index (χ3v) is 4.33. The summed E-state index contributed by atoms with van der Waals surface area (Å²) in [5, 5.41) is 33.1. The monoisotopic (exact) mass is 489 g/mol. The predicted molar refractivity (Wildman–Crippen MR) is 116 cm³/mol. The number of rotatable bonds is 16. The van der Waals surface area contributed by atoms with E-state index in [1.54, 1.807) is 0 Å². The van der Waals surface area contributed by atoms with Crippen LogP contribution >= 0.6 is 0 Å². The fraction of sp³-hybridized carbons (Fsp3) is 0.611. The van der Waals surface area contributed by atoms with Crippen LogP contribution in [0.25, 0.3) is 0 Å². The van der Waals surface area contributed by atoms with E-state index in [1.165, 1.54) is 6.92 Å². The number of carboxylic acid groups (broad SMARTS) is 3. The predicted octanol–water partition coefficient (Wildman–Crippen LogP) is -3.73. The second kappa shape index (κ2) is 15.0. The summed E-state index contributed by atoms with van der Waals surface area (Å²) in [5.41, 5.74) is 16.2. The Labute approximate surface area is 194 Å². The topological polar surface area (TPSA) is 290 Å². The van der Waals surface area contributed by atoms with E-state index in [4.69, 9.17) is 32.5 Å². The largest absolute Gasteiger partial charge is 0.481 e. The molecular formula is C18H31N7O9. The van der Waals surface area contributed by atoms with Gasteiger partial charge in [-0.15, -0.1) is 0 Å². The molecule has 12 N–H and O–H groups in total. The van der Waals surface area contributed by atoms with E-state index in [0.29, 0.717) is 6.42 Å². The summed E-state index contributed by atoms with van der Waals surface area (Å²) in [6.07, 6.45) is -1.18. The highest BCUT2D eigenvalue weighted by Gasteiger charge is 2.29. The maximum atomic E-state index is 12.6. The lowest BCUT2D eigenvalue weighted by molar-refractivity contribution is -0.147. The van der Waals surface area contributed by atoms with Crippen molar-refractivity contribution in [3.8, 4) is 0 Å². The molecule has 4 unspecified atom stereocenters. The Morgan fingerprint density at radius 1 is 0.824 bits per heavy atom. The number of nitrogens with one attached hydrogen (secondary N) is 3. The zero-order valence-electron chi connectivity index (χ0n) is 18.5. The molecule has 16 nitrogen and oxygen atoms in total. The first-order valence-corrected chi connectivity index (χ1v) is 10.1. The normalized spacial score (nSPS) is 13.9. The molecule has 16 heteroatoms. The van der Waals surface area contributed by atoms with Gasteiger partial charge < -0.3 is 48.5 Å². The van der Waals surface area contributed by atoms with E-state index >= 15 is 0 Å². The lowest BCUT2D eigenvalue weighted by Gasteiger charge is -2.23. The molecule has 0 bridgehead atoms. The number of aliphatic imine (C=N–C) groups is 1. The molecule has 0 aliphatic carbocycles. The number of hydrogen-bond acceptors (Lipinski definition) is 8. The minimum Gasteiger partial charge on any atom is -0.481 e. The van der Waals surface area contributed by atoms with Gasteiger partial charge in [0.1, 0.15) is 18.1 Å². The maximum Gasteiger partial charge on any atom is 0.326 e. The third kappa shape index (κ3) is 12.8. The number of amides is 3. The van der Waals surface area contributed by atoms with Gasteiger partial charge in [0.15, 0.2) is 5.96 Å². The number of guanidine groups is 1. The van der Waals surface area contributed by atoms with E-state index in [-0.39, 0.29) is 25.3 Å². The summed E-state index contributed by atoms with van der Waals surface area (Å²) in [4.78, 5) is 73.5. The molecule has 0 aromatic heterocycles. The summed E-state index contributed by atoms with van der Waals surface area (Å²) in [6.45, 7) is 1.41. The summed E-state index contributed by atoms with van der Waals surface area (Å²) >= 11 is 0. The molecule has 0 heterocycles. The lowest BCUT2D eigenvalue weighted by atomic mass is 10.1. The van der Waals surface area contributed by atoms with E-state index in [2.05, 4.69) is 15.6 Å². The zero-order chi connectivity index (χ0) is 26.4. The van der Waals surface area contributed by atoms with Gasteiger partial charge in [0, 0.05) is 13.0 Å². The average Bonchev–Trinajstić information content (AvgIpc) is 2.72.